The maximum absolute atomic E-state index is 13.3. The molecular formula is C16H18BrFN2O. The van der Waals surface area contributed by atoms with Gasteiger partial charge in [-0.05, 0) is 25.0 Å². The lowest BCUT2D eigenvalue weighted by molar-refractivity contribution is 0.421. The Morgan fingerprint density at radius 2 is 2.29 bits per heavy atom. The molecule has 0 saturated heterocycles. The topological polar surface area (TPSA) is 70.1 Å². The number of aromatic hydroxyl groups is 1. The van der Waals surface area contributed by atoms with E-state index < -0.39 is 17.6 Å². The van der Waals surface area contributed by atoms with Crippen LogP contribution in [-0.2, 0) is 0 Å². The SMILES string of the molecule is CC1(Br)C=CC(C(=N)CC(N)c2cccc(F)c2O)=CC1. The van der Waals surface area contributed by atoms with Gasteiger partial charge in [0.2, 0.25) is 0 Å². The van der Waals surface area contributed by atoms with Gasteiger partial charge in [0.1, 0.15) is 0 Å². The van der Waals surface area contributed by atoms with Crippen LogP contribution >= 0.6 is 15.9 Å². The van der Waals surface area contributed by atoms with Crippen molar-refractivity contribution in [2.45, 2.75) is 30.1 Å². The summed E-state index contributed by atoms with van der Waals surface area (Å²) in [5, 5.41) is 17.8. The van der Waals surface area contributed by atoms with Gasteiger partial charge >= 0.3 is 0 Å². The van der Waals surface area contributed by atoms with E-state index in [1.165, 1.54) is 12.1 Å². The van der Waals surface area contributed by atoms with Crippen LogP contribution in [0.3, 0.4) is 0 Å². The first kappa shape index (κ1) is 15.9. The van der Waals surface area contributed by atoms with Crippen LogP contribution in [-0.4, -0.2) is 15.1 Å². The van der Waals surface area contributed by atoms with Gasteiger partial charge in [-0.1, -0.05) is 46.3 Å². The molecule has 0 saturated carbocycles. The first-order valence-corrected chi connectivity index (χ1v) is 7.48. The molecule has 0 aliphatic heterocycles. The number of hydrogen-bond donors (Lipinski definition) is 3. The van der Waals surface area contributed by atoms with Crippen molar-refractivity contribution in [2.75, 3.05) is 0 Å². The lowest BCUT2D eigenvalue weighted by Gasteiger charge is -2.22. The molecule has 0 amide bonds. The Labute approximate surface area is 132 Å². The fraction of sp³-hybridized carbons (Fsp3) is 0.312. The highest BCUT2D eigenvalue weighted by Gasteiger charge is 2.21. The number of rotatable bonds is 4. The van der Waals surface area contributed by atoms with Crippen LogP contribution < -0.4 is 5.73 Å². The monoisotopic (exact) mass is 352 g/mol. The number of halogens is 2. The second-order valence-corrected chi connectivity index (χ2v) is 7.25. The normalized spacial score (nSPS) is 22.8. The Morgan fingerprint density at radius 3 is 2.90 bits per heavy atom. The molecule has 0 spiro atoms. The molecule has 1 aliphatic rings. The third-order valence-electron chi connectivity index (χ3n) is 3.52. The van der Waals surface area contributed by atoms with Gasteiger partial charge in [-0.25, -0.2) is 4.39 Å². The van der Waals surface area contributed by atoms with Crippen LogP contribution in [0.5, 0.6) is 5.75 Å². The van der Waals surface area contributed by atoms with E-state index in [0.29, 0.717) is 11.3 Å². The minimum absolute atomic E-state index is 0.0697. The molecule has 0 bridgehead atoms. The van der Waals surface area contributed by atoms with E-state index in [4.69, 9.17) is 11.1 Å². The number of para-hydroxylation sites is 1. The highest BCUT2D eigenvalue weighted by Crippen LogP contribution is 2.31. The van der Waals surface area contributed by atoms with Gasteiger partial charge in [0.05, 0.1) is 0 Å². The molecule has 3 nitrogen and oxygen atoms in total. The average Bonchev–Trinajstić information content (AvgIpc) is 2.41. The third kappa shape index (κ3) is 3.80. The fourth-order valence-electron chi connectivity index (χ4n) is 2.21. The Bertz CT molecular complexity index is 623. The molecular weight excluding hydrogens is 335 g/mol. The van der Waals surface area contributed by atoms with Crippen LogP contribution in [0.4, 0.5) is 4.39 Å². The van der Waals surface area contributed by atoms with Crippen molar-refractivity contribution in [1.82, 2.24) is 0 Å². The average molecular weight is 353 g/mol. The van der Waals surface area contributed by atoms with Crippen molar-refractivity contribution in [2.24, 2.45) is 5.73 Å². The molecule has 21 heavy (non-hydrogen) atoms. The smallest absolute Gasteiger partial charge is 0.165 e. The number of allylic oxidation sites excluding steroid dienone is 4. The predicted molar refractivity (Wildman–Crippen MR) is 86.5 cm³/mol. The quantitative estimate of drug-likeness (QED) is 0.566. The van der Waals surface area contributed by atoms with Crippen LogP contribution in [0.1, 0.15) is 31.4 Å². The van der Waals surface area contributed by atoms with E-state index in [2.05, 4.69) is 22.9 Å². The van der Waals surface area contributed by atoms with Gasteiger partial charge in [-0.3, -0.25) is 0 Å². The minimum atomic E-state index is -0.693. The van der Waals surface area contributed by atoms with Gasteiger partial charge in [0.15, 0.2) is 11.6 Å². The van der Waals surface area contributed by atoms with Crippen molar-refractivity contribution >= 4 is 21.6 Å². The molecule has 0 radical (unpaired) electrons. The van der Waals surface area contributed by atoms with Crippen LogP contribution in [0.25, 0.3) is 0 Å². The molecule has 0 heterocycles. The highest BCUT2D eigenvalue weighted by molar-refractivity contribution is 9.10. The zero-order chi connectivity index (χ0) is 15.6. The first-order chi connectivity index (χ1) is 9.80. The maximum Gasteiger partial charge on any atom is 0.165 e. The largest absolute Gasteiger partial charge is 0.505 e. The molecule has 1 aliphatic carbocycles. The van der Waals surface area contributed by atoms with Gasteiger partial charge in [0, 0.05) is 28.1 Å². The maximum atomic E-state index is 13.3. The van der Waals surface area contributed by atoms with Crippen LogP contribution in [0.2, 0.25) is 0 Å². The van der Waals surface area contributed by atoms with E-state index in [9.17, 15) is 9.50 Å². The van der Waals surface area contributed by atoms with Crippen molar-refractivity contribution in [3.8, 4) is 5.75 Å². The lowest BCUT2D eigenvalue weighted by Crippen LogP contribution is -2.19. The molecule has 0 aromatic heterocycles. The summed E-state index contributed by atoms with van der Waals surface area (Å²) in [4.78, 5) is 0. The molecule has 2 unspecified atom stereocenters. The van der Waals surface area contributed by atoms with E-state index in [1.54, 1.807) is 6.07 Å². The Morgan fingerprint density at radius 1 is 1.57 bits per heavy atom. The van der Waals surface area contributed by atoms with Gasteiger partial charge in [-0.2, -0.15) is 0 Å². The second-order valence-electron chi connectivity index (χ2n) is 5.44. The van der Waals surface area contributed by atoms with Gasteiger partial charge in [0.25, 0.3) is 0 Å². The number of alkyl halides is 1. The molecule has 2 atom stereocenters. The standard InChI is InChI=1S/C16H18BrFN2O/c1-16(17)7-5-10(6-8-16)13(19)9-14(20)11-3-2-4-12(18)15(11)21/h2-7,14,19,21H,8-9,20H2,1H3. The van der Waals surface area contributed by atoms with Crippen LogP contribution in [0.15, 0.2) is 42.0 Å². The van der Waals surface area contributed by atoms with E-state index in [1.807, 2.05) is 18.2 Å². The Kier molecular flexibility index (Phi) is 4.64. The molecule has 112 valence electrons. The number of hydrogen-bond acceptors (Lipinski definition) is 3. The van der Waals surface area contributed by atoms with E-state index >= 15 is 0 Å². The zero-order valence-corrected chi connectivity index (χ0v) is 13.3. The van der Waals surface area contributed by atoms with Crippen molar-refractivity contribution in [1.29, 1.82) is 5.41 Å². The molecule has 4 N–H and O–H groups in total. The van der Waals surface area contributed by atoms with Crippen LogP contribution in [0, 0.1) is 11.2 Å². The Hall–Kier alpha value is -1.46. The predicted octanol–water partition coefficient (Wildman–Crippen LogP) is 3.98. The zero-order valence-electron chi connectivity index (χ0n) is 11.7. The number of nitrogens with two attached hydrogens (primary N) is 1. The summed E-state index contributed by atoms with van der Waals surface area (Å²) >= 11 is 3.57. The summed E-state index contributed by atoms with van der Waals surface area (Å²) in [6.45, 7) is 2.05. The van der Waals surface area contributed by atoms with Crippen molar-refractivity contribution in [3.05, 3.63) is 53.4 Å². The summed E-state index contributed by atoms with van der Waals surface area (Å²) in [6, 6.07) is 3.65. The number of nitrogens with one attached hydrogen (secondary N) is 1. The fourth-order valence-corrected chi connectivity index (χ4v) is 2.51. The first-order valence-electron chi connectivity index (χ1n) is 6.69. The molecule has 5 heteroatoms. The second kappa shape index (κ2) is 6.12. The summed E-state index contributed by atoms with van der Waals surface area (Å²) in [5.41, 5.74) is 7.52. The summed E-state index contributed by atoms with van der Waals surface area (Å²) in [5.74, 6) is -1.12. The minimum Gasteiger partial charge on any atom is -0.505 e. The van der Waals surface area contributed by atoms with E-state index in [-0.39, 0.29) is 10.7 Å². The van der Waals surface area contributed by atoms with Gasteiger partial charge in [-0.15, -0.1) is 0 Å². The summed E-state index contributed by atoms with van der Waals surface area (Å²) in [7, 11) is 0. The molecule has 0 fully saturated rings. The number of phenolic OH excluding ortho intramolecular Hbond substituents is 1. The summed E-state index contributed by atoms with van der Waals surface area (Å²) < 4.78 is 13.3. The number of phenols is 1. The molecule has 1 aromatic carbocycles. The van der Waals surface area contributed by atoms with Crippen molar-refractivity contribution in [3.63, 3.8) is 0 Å². The van der Waals surface area contributed by atoms with Gasteiger partial charge < -0.3 is 16.2 Å². The summed E-state index contributed by atoms with van der Waals surface area (Å²) in [6.07, 6.45) is 6.91. The molecule has 2 rings (SSSR count). The molecule has 1 aromatic rings. The third-order valence-corrected chi connectivity index (χ3v) is 4.11. The van der Waals surface area contributed by atoms with E-state index in [0.717, 1.165) is 12.0 Å². The number of benzene rings is 1. The highest BCUT2D eigenvalue weighted by atomic mass is 79.9. The Balaban J connectivity index is 2.08. The lowest BCUT2D eigenvalue weighted by atomic mass is 9.92. The van der Waals surface area contributed by atoms with Crippen molar-refractivity contribution < 1.29 is 9.50 Å².